The Balaban J connectivity index is 1.68. The van der Waals surface area contributed by atoms with E-state index in [4.69, 9.17) is 4.74 Å². The Morgan fingerprint density at radius 3 is 2.62 bits per heavy atom. The Kier molecular flexibility index (Phi) is 5.81. The van der Waals surface area contributed by atoms with E-state index in [2.05, 4.69) is 25.2 Å². The molecule has 2 rings (SSSR count). The molecule has 21 heavy (non-hydrogen) atoms. The lowest BCUT2D eigenvalue weighted by Gasteiger charge is -2.09. The van der Waals surface area contributed by atoms with Gasteiger partial charge in [-0.3, -0.25) is 4.79 Å². The van der Waals surface area contributed by atoms with Crippen molar-refractivity contribution in [3.63, 3.8) is 0 Å². The van der Waals surface area contributed by atoms with Crippen molar-refractivity contribution in [2.24, 2.45) is 0 Å². The number of carbonyl (C=O) groups is 1. The maximum Gasteiger partial charge on any atom is 0.257 e. The fourth-order valence-corrected chi connectivity index (χ4v) is 2.64. The summed E-state index contributed by atoms with van der Waals surface area (Å²) in [6.07, 6.45) is 0.868. The fraction of sp³-hybridized carbons (Fsp3) is 0.353. The van der Waals surface area contributed by atoms with Crippen LogP contribution in [0.1, 0.15) is 30.2 Å². The molecule has 0 bridgehead atoms. The molecule has 0 unspecified atom stereocenters. The molecule has 112 valence electrons. The Hall–Kier alpha value is -1.81. The number of benzene rings is 1. The van der Waals surface area contributed by atoms with Crippen molar-refractivity contribution in [2.75, 3.05) is 13.2 Å². The number of carbonyl (C=O) groups excluding carboxylic acids is 1. The highest BCUT2D eigenvalue weighted by atomic mass is 32.1. The van der Waals surface area contributed by atoms with Crippen LogP contribution in [0.5, 0.6) is 5.75 Å². The van der Waals surface area contributed by atoms with E-state index in [1.54, 1.807) is 11.3 Å². The van der Waals surface area contributed by atoms with E-state index in [0.717, 1.165) is 12.2 Å². The summed E-state index contributed by atoms with van der Waals surface area (Å²) in [6, 6.07) is 12.0. The summed E-state index contributed by atoms with van der Waals surface area (Å²) in [4.78, 5) is 13.0. The second-order valence-electron chi connectivity index (χ2n) is 5.19. The molecular formula is C17H21NO2S. The Labute approximate surface area is 130 Å². The molecule has 0 radical (unpaired) electrons. The van der Waals surface area contributed by atoms with Gasteiger partial charge in [0, 0.05) is 11.4 Å². The van der Waals surface area contributed by atoms with Gasteiger partial charge in [-0.2, -0.15) is 0 Å². The lowest BCUT2D eigenvalue weighted by atomic mass is 10.0. The molecule has 3 nitrogen and oxygen atoms in total. The Morgan fingerprint density at radius 2 is 2.00 bits per heavy atom. The number of hydrogen-bond acceptors (Lipinski definition) is 3. The Morgan fingerprint density at radius 1 is 1.24 bits per heavy atom. The first-order valence-corrected chi connectivity index (χ1v) is 8.05. The second-order valence-corrected chi connectivity index (χ2v) is 6.22. The van der Waals surface area contributed by atoms with Crippen LogP contribution in [0.15, 0.2) is 41.8 Å². The molecule has 1 N–H and O–H groups in total. The summed E-state index contributed by atoms with van der Waals surface area (Å²) in [6.45, 7) is 5.01. The van der Waals surface area contributed by atoms with Crippen LogP contribution in [0.25, 0.3) is 0 Å². The van der Waals surface area contributed by atoms with Gasteiger partial charge in [-0.25, -0.2) is 0 Å². The quantitative estimate of drug-likeness (QED) is 0.848. The van der Waals surface area contributed by atoms with Gasteiger partial charge in [-0.1, -0.05) is 32.0 Å². The highest BCUT2D eigenvalue weighted by Crippen LogP contribution is 2.18. The second kappa shape index (κ2) is 7.84. The zero-order valence-corrected chi connectivity index (χ0v) is 13.3. The zero-order valence-electron chi connectivity index (χ0n) is 12.5. The van der Waals surface area contributed by atoms with Crippen LogP contribution >= 0.6 is 11.3 Å². The normalized spacial score (nSPS) is 10.6. The van der Waals surface area contributed by atoms with Crippen molar-refractivity contribution in [1.29, 1.82) is 0 Å². The molecule has 0 fully saturated rings. The average Bonchev–Trinajstić information content (AvgIpc) is 2.99. The number of amides is 1. The van der Waals surface area contributed by atoms with Gasteiger partial charge in [-0.15, -0.1) is 11.3 Å². The zero-order chi connectivity index (χ0) is 15.1. The predicted molar refractivity (Wildman–Crippen MR) is 87.1 cm³/mol. The van der Waals surface area contributed by atoms with Gasteiger partial charge in [0.05, 0.1) is 0 Å². The van der Waals surface area contributed by atoms with Crippen molar-refractivity contribution in [3.8, 4) is 5.75 Å². The van der Waals surface area contributed by atoms with Gasteiger partial charge in [0.25, 0.3) is 5.91 Å². The summed E-state index contributed by atoms with van der Waals surface area (Å²) in [5.74, 6) is 1.15. The van der Waals surface area contributed by atoms with Crippen molar-refractivity contribution in [3.05, 3.63) is 52.2 Å². The SMILES string of the molecule is CC(C)c1ccc(OCC(=O)NCCc2cccs2)cc1. The molecule has 1 heterocycles. The van der Waals surface area contributed by atoms with Crippen LogP contribution in [-0.4, -0.2) is 19.1 Å². The fourth-order valence-electron chi connectivity index (χ4n) is 1.93. The van der Waals surface area contributed by atoms with Crippen LogP contribution < -0.4 is 10.1 Å². The maximum absolute atomic E-state index is 11.7. The molecule has 2 aromatic rings. The summed E-state index contributed by atoms with van der Waals surface area (Å²) >= 11 is 1.71. The monoisotopic (exact) mass is 303 g/mol. The van der Waals surface area contributed by atoms with Gasteiger partial charge in [0.2, 0.25) is 0 Å². The molecule has 4 heteroatoms. The minimum Gasteiger partial charge on any atom is -0.484 e. The number of ether oxygens (including phenoxy) is 1. The van der Waals surface area contributed by atoms with Gasteiger partial charge in [0.1, 0.15) is 5.75 Å². The van der Waals surface area contributed by atoms with E-state index in [0.29, 0.717) is 12.5 Å². The van der Waals surface area contributed by atoms with E-state index < -0.39 is 0 Å². The maximum atomic E-state index is 11.7. The molecule has 0 aliphatic carbocycles. The number of hydrogen-bond donors (Lipinski definition) is 1. The summed E-state index contributed by atoms with van der Waals surface area (Å²) in [7, 11) is 0. The molecule has 1 aromatic heterocycles. The van der Waals surface area contributed by atoms with Crippen LogP contribution in [-0.2, 0) is 11.2 Å². The van der Waals surface area contributed by atoms with Crippen molar-refractivity contribution < 1.29 is 9.53 Å². The molecule has 0 saturated carbocycles. The first-order chi connectivity index (χ1) is 10.1. The first-order valence-electron chi connectivity index (χ1n) is 7.17. The first kappa shape index (κ1) is 15.6. The van der Waals surface area contributed by atoms with Crippen molar-refractivity contribution in [1.82, 2.24) is 5.32 Å². The summed E-state index contributed by atoms with van der Waals surface area (Å²) in [5, 5.41) is 4.91. The van der Waals surface area contributed by atoms with Crippen molar-refractivity contribution >= 4 is 17.2 Å². The van der Waals surface area contributed by atoms with E-state index >= 15 is 0 Å². The topological polar surface area (TPSA) is 38.3 Å². The number of rotatable bonds is 7. The lowest BCUT2D eigenvalue weighted by molar-refractivity contribution is -0.123. The third-order valence-corrected chi connectivity index (χ3v) is 4.13. The Bertz CT molecular complexity index is 547. The highest BCUT2D eigenvalue weighted by molar-refractivity contribution is 7.09. The number of thiophene rings is 1. The van der Waals surface area contributed by atoms with Gasteiger partial charge in [0.15, 0.2) is 6.61 Å². The van der Waals surface area contributed by atoms with Crippen LogP contribution in [0.4, 0.5) is 0 Å². The number of nitrogens with one attached hydrogen (secondary N) is 1. The van der Waals surface area contributed by atoms with E-state index in [1.807, 2.05) is 35.7 Å². The van der Waals surface area contributed by atoms with Gasteiger partial charge in [-0.05, 0) is 41.5 Å². The van der Waals surface area contributed by atoms with Crippen LogP contribution in [0, 0.1) is 0 Å². The van der Waals surface area contributed by atoms with Crippen LogP contribution in [0.3, 0.4) is 0 Å². The standard InChI is InChI=1S/C17H21NO2S/c1-13(2)14-5-7-15(8-6-14)20-12-17(19)18-10-9-16-4-3-11-21-16/h3-8,11,13H,9-10,12H2,1-2H3,(H,18,19). The molecule has 0 saturated heterocycles. The van der Waals surface area contributed by atoms with Crippen LogP contribution in [0.2, 0.25) is 0 Å². The molecular weight excluding hydrogens is 282 g/mol. The molecule has 1 amide bonds. The molecule has 0 aliphatic heterocycles. The molecule has 0 spiro atoms. The van der Waals surface area contributed by atoms with Crippen molar-refractivity contribution in [2.45, 2.75) is 26.2 Å². The molecule has 0 aliphatic rings. The third kappa shape index (κ3) is 5.23. The largest absolute Gasteiger partial charge is 0.484 e. The van der Waals surface area contributed by atoms with E-state index in [1.165, 1.54) is 10.4 Å². The third-order valence-electron chi connectivity index (χ3n) is 3.19. The summed E-state index contributed by atoms with van der Waals surface area (Å²) < 4.78 is 5.48. The van der Waals surface area contributed by atoms with E-state index in [9.17, 15) is 4.79 Å². The minimum atomic E-state index is -0.0838. The lowest BCUT2D eigenvalue weighted by Crippen LogP contribution is -2.30. The molecule has 1 aromatic carbocycles. The average molecular weight is 303 g/mol. The predicted octanol–water partition coefficient (Wildman–Crippen LogP) is 3.61. The minimum absolute atomic E-state index is 0.0610. The smallest absolute Gasteiger partial charge is 0.257 e. The molecule has 0 atom stereocenters. The van der Waals surface area contributed by atoms with Gasteiger partial charge >= 0.3 is 0 Å². The highest BCUT2D eigenvalue weighted by Gasteiger charge is 2.04. The summed E-state index contributed by atoms with van der Waals surface area (Å²) in [5.41, 5.74) is 1.27. The van der Waals surface area contributed by atoms with E-state index in [-0.39, 0.29) is 12.5 Å². The van der Waals surface area contributed by atoms with Gasteiger partial charge < -0.3 is 10.1 Å².